The minimum Gasteiger partial charge on any atom is -0.344 e. The zero-order chi connectivity index (χ0) is 48.2. The molecule has 0 radical (unpaired) electrons. The molecule has 67 heavy (non-hydrogen) atoms. The average molecular weight is 986 g/mol. The van der Waals surface area contributed by atoms with Crippen molar-refractivity contribution in [3.8, 4) is 17.1 Å². The molecule has 0 bridgehead atoms. The van der Waals surface area contributed by atoms with E-state index in [1.54, 1.807) is 0 Å². The number of nitrogens with one attached hydrogen (secondary N) is 2. The second kappa shape index (κ2) is 16.1. The molecule has 1 saturated carbocycles. The Labute approximate surface area is 374 Å². The van der Waals surface area contributed by atoms with Gasteiger partial charge in [0.1, 0.15) is 47.6 Å². The number of carbonyl (C=O) groups is 1. The molecule has 2 N–H and O–H groups in total. The third-order valence-corrected chi connectivity index (χ3v) is 12.1. The number of fused-ring (bicyclic) bond motifs is 5. The summed E-state index contributed by atoms with van der Waals surface area (Å²) < 4.78 is 173. The zero-order valence-corrected chi connectivity index (χ0v) is 35.7. The Morgan fingerprint density at radius 2 is 1.70 bits per heavy atom. The minimum atomic E-state index is -4.46. The molecule has 15 nitrogen and oxygen atoms in total. The number of hydrogen-bond donors (Lipinski definition) is 2. The lowest BCUT2D eigenvalue weighted by Crippen LogP contribution is -2.38. The summed E-state index contributed by atoms with van der Waals surface area (Å²) in [5, 5.41) is 14.0. The number of aryl methyl sites for hydroxylation is 1. The van der Waals surface area contributed by atoms with Crippen LogP contribution in [0.4, 0.5) is 49.7 Å². The van der Waals surface area contributed by atoms with Gasteiger partial charge in [-0.25, -0.2) is 44.7 Å². The predicted octanol–water partition coefficient (Wildman–Crippen LogP) is 7.18. The first-order valence-electron chi connectivity index (χ1n) is 19.7. The van der Waals surface area contributed by atoms with Crippen molar-refractivity contribution < 1.29 is 57.1 Å². The van der Waals surface area contributed by atoms with Crippen LogP contribution < -0.4 is 15.6 Å². The van der Waals surface area contributed by atoms with Crippen LogP contribution in [0.15, 0.2) is 59.5 Å². The van der Waals surface area contributed by atoms with Gasteiger partial charge in [0.15, 0.2) is 11.5 Å². The molecule has 1 fully saturated rings. The van der Waals surface area contributed by atoms with Crippen LogP contribution in [0.1, 0.15) is 53.1 Å². The van der Waals surface area contributed by atoms with Crippen LogP contribution in [-0.2, 0) is 47.3 Å². The summed E-state index contributed by atoms with van der Waals surface area (Å²) in [4.78, 5) is 38.1. The van der Waals surface area contributed by atoms with E-state index in [1.165, 1.54) is 31.3 Å². The smallest absolute Gasteiger partial charge is 0.326 e. The van der Waals surface area contributed by atoms with Gasteiger partial charge in [-0.15, -0.1) is 0 Å². The van der Waals surface area contributed by atoms with Crippen LogP contribution in [0.5, 0.6) is 0 Å². The number of hydrogen-bond acceptors (Lipinski definition) is 9. The molecule has 2 aliphatic carbocycles. The molecule has 0 unspecified atom stereocenters. The summed E-state index contributed by atoms with van der Waals surface area (Å²) in [6, 6.07) is 6.74. The van der Waals surface area contributed by atoms with E-state index in [1.807, 2.05) is 0 Å². The Bertz CT molecular complexity index is 3340. The molecule has 9 rings (SSSR count). The van der Waals surface area contributed by atoms with Crippen LogP contribution in [-0.4, -0.2) is 76.8 Å². The number of sulfonamides is 1. The maximum absolute atomic E-state index is 15.5. The highest BCUT2D eigenvalue weighted by Gasteiger charge is 2.67. The third kappa shape index (κ3) is 8.22. The number of benzene rings is 2. The van der Waals surface area contributed by atoms with E-state index in [0.717, 1.165) is 39.9 Å². The monoisotopic (exact) mass is 985 g/mol. The van der Waals surface area contributed by atoms with Crippen LogP contribution in [0, 0.1) is 17.6 Å². The highest BCUT2D eigenvalue weighted by molar-refractivity contribution is 7.92. The minimum absolute atomic E-state index is 0.0202. The predicted molar refractivity (Wildman–Crippen MR) is 218 cm³/mol. The molecule has 352 valence electrons. The van der Waals surface area contributed by atoms with Gasteiger partial charge in [-0.2, -0.15) is 32.9 Å². The summed E-state index contributed by atoms with van der Waals surface area (Å²) in [5.74, 6) is -14.4. The number of aromatic nitrogens is 9. The first-order valence-corrected chi connectivity index (χ1v) is 22.0. The van der Waals surface area contributed by atoms with Gasteiger partial charge in [-0.1, -0.05) is 11.6 Å². The fraction of sp³-hybridized carbons (Fsp3) is 0.325. The van der Waals surface area contributed by atoms with Crippen molar-refractivity contribution in [3.05, 3.63) is 110 Å². The first kappa shape index (κ1) is 45.6. The molecule has 0 aliphatic heterocycles. The lowest BCUT2D eigenvalue weighted by molar-refractivity contribution is -0.139. The summed E-state index contributed by atoms with van der Waals surface area (Å²) in [6.45, 7) is -2.61. The SMILES string of the molecule is Cn1nc(NS(C)(=O)=O)c2c(Cl)ccc(-n3c([C@H](Cc4cc(F)cc(F)c4)NC(=O)Cn4nc(C(F)F)c5c4C(F)(F)[C@@H]4C[C@H]54)nc4nc(-c5ccn(CC(F)(F)C(F)F)n5)ccc4c3=O)c21. The summed E-state index contributed by atoms with van der Waals surface area (Å²) >= 11 is 6.58. The number of pyridine rings is 1. The fourth-order valence-electron chi connectivity index (χ4n) is 8.47. The van der Waals surface area contributed by atoms with Crippen LogP contribution >= 0.6 is 11.6 Å². The van der Waals surface area contributed by atoms with Crippen molar-refractivity contribution in [2.75, 3.05) is 11.0 Å². The van der Waals surface area contributed by atoms with Crippen molar-refractivity contribution in [2.45, 2.75) is 62.6 Å². The standard InChI is InChI=1S/C40H30ClF10N11O4S/c1-59-31-26(6-4-22(41)29(31)35(57-59)58-67(2,65)66)62-36(54-34-19(37(62)64)3-5-23(53-34)24-7-8-60(55-24)15-39(48,49)38(46)47)25(11-16-9-17(42)12-18(43)10-16)52-27(63)14-61-32-28(30(56-61)33(44)45)20-13-21(20)40(32,50)51/h3-10,12,20-21,25,33,38H,11,13-15H2,1-2H3,(H,52,63)(H,57,58)/t20-,21+,25-/m0/s1. The summed E-state index contributed by atoms with van der Waals surface area (Å²) in [5.41, 5.74) is -4.16. The number of halogens is 11. The molecule has 27 heteroatoms. The molecule has 5 heterocycles. The summed E-state index contributed by atoms with van der Waals surface area (Å²) in [7, 11) is -2.63. The van der Waals surface area contributed by atoms with E-state index in [2.05, 4.69) is 35.3 Å². The largest absolute Gasteiger partial charge is 0.344 e. The van der Waals surface area contributed by atoms with Crippen molar-refractivity contribution in [2.24, 2.45) is 13.0 Å². The first-order chi connectivity index (χ1) is 31.4. The van der Waals surface area contributed by atoms with E-state index in [0.29, 0.717) is 15.4 Å². The molecule has 7 aromatic rings. The Hall–Kier alpha value is -6.57. The average Bonchev–Trinajstić information content (AvgIpc) is 3.43. The van der Waals surface area contributed by atoms with Gasteiger partial charge in [0.05, 0.1) is 45.0 Å². The topological polar surface area (TPSA) is 177 Å². The number of nitrogens with zero attached hydrogens (tertiary/aromatic N) is 9. The maximum Gasteiger partial charge on any atom is 0.326 e. The number of anilines is 1. The molecule has 0 spiro atoms. The van der Waals surface area contributed by atoms with E-state index in [4.69, 9.17) is 11.6 Å². The maximum atomic E-state index is 15.5. The van der Waals surface area contributed by atoms with Crippen LogP contribution in [0.25, 0.3) is 39.0 Å². The van der Waals surface area contributed by atoms with E-state index in [9.17, 15) is 53.1 Å². The summed E-state index contributed by atoms with van der Waals surface area (Å²) in [6.07, 6.45) is -6.17. The van der Waals surface area contributed by atoms with Crippen molar-refractivity contribution in [1.29, 1.82) is 0 Å². The van der Waals surface area contributed by atoms with E-state index in [-0.39, 0.29) is 61.8 Å². The molecule has 2 aliphatic rings. The zero-order valence-electron chi connectivity index (χ0n) is 34.1. The quantitative estimate of drug-likeness (QED) is 0.107. The molecule has 0 saturated heterocycles. The van der Waals surface area contributed by atoms with Gasteiger partial charge in [0.25, 0.3) is 17.9 Å². The van der Waals surface area contributed by atoms with Crippen molar-refractivity contribution in [1.82, 2.24) is 49.2 Å². The number of amides is 1. The van der Waals surface area contributed by atoms with Crippen LogP contribution in [0.3, 0.4) is 0 Å². The molecule has 2 aromatic carbocycles. The van der Waals surface area contributed by atoms with Gasteiger partial charge in [-0.05, 0) is 60.4 Å². The van der Waals surface area contributed by atoms with E-state index >= 15 is 8.78 Å². The second-order valence-electron chi connectivity index (χ2n) is 16.1. The molecule has 1 amide bonds. The molecular weight excluding hydrogens is 956 g/mol. The lowest BCUT2D eigenvalue weighted by Gasteiger charge is -2.24. The van der Waals surface area contributed by atoms with Gasteiger partial charge in [0, 0.05) is 37.2 Å². The second-order valence-corrected chi connectivity index (χ2v) is 18.2. The molecule has 3 atom stereocenters. The van der Waals surface area contributed by atoms with E-state index < -0.39 is 118 Å². The fourth-order valence-corrected chi connectivity index (χ4v) is 9.21. The van der Waals surface area contributed by atoms with Gasteiger partial charge < -0.3 is 5.32 Å². The Morgan fingerprint density at radius 3 is 2.37 bits per heavy atom. The van der Waals surface area contributed by atoms with Crippen molar-refractivity contribution in [3.63, 3.8) is 0 Å². The lowest BCUT2D eigenvalue weighted by atomic mass is 10.0. The van der Waals surface area contributed by atoms with Crippen LogP contribution in [0.2, 0.25) is 5.02 Å². The molecular formula is C40H30ClF10N11O4S. The molecule has 5 aromatic heterocycles. The normalized spacial score (nSPS) is 17.1. The van der Waals surface area contributed by atoms with Gasteiger partial charge in [0.2, 0.25) is 15.9 Å². The van der Waals surface area contributed by atoms with Crippen molar-refractivity contribution >= 4 is 55.3 Å². The number of carbonyl (C=O) groups excluding carboxylic acids is 1. The third-order valence-electron chi connectivity index (χ3n) is 11.3. The highest BCUT2D eigenvalue weighted by Crippen LogP contribution is 2.68. The highest BCUT2D eigenvalue weighted by atomic mass is 35.5. The number of alkyl halides is 8. The van der Waals surface area contributed by atoms with Gasteiger partial charge in [-0.3, -0.25) is 32.9 Å². The number of rotatable bonds is 14. The Balaban J connectivity index is 1.24. The van der Waals surface area contributed by atoms with Gasteiger partial charge >= 0.3 is 12.3 Å². The Kier molecular flexibility index (Phi) is 10.9. The Morgan fingerprint density at radius 1 is 0.985 bits per heavy atom.